The van der Waals surface area contributed by atoms with Crippen molar-refractivity contribution in [3.8, 4) is 0 Å². The molecular weight excluding hydrogens is 324 g/mol. The van der Waals surface area contributed by atoms with Gasteiger partial charge in [0.05, 0.1) is 5.92 Å². The van der Waals surface area contributed by atoms with Gasteiger partial charge in [-0.3, -0.25) is 9.59 Å². The summed E-state index contributed by atoms with van der Waals surface area (Å²) in [4.78, 5) is 26.4. The van der Waals surface area contributed by atoms with Crippen molar-refractivity contribution in [2.24, 2.45) is 5.92 Å². The third-order valence-electron chi connectivity index (χ3n) is 4.25. The normalized spacial score (nSPS) is 17.2. The van der Waals surface area contributed by atoms with Crippen molar-refractivity contribution >= 4 is 34.8 Å². The zero-order valence-corrected chi connectivity index (χ0v) is 14.4. The number of rotatable bonds is 3. The molecule has 1 saturated heterocycles. The quantitative estimate of drug-likeness (QED) is 0.918. The molecule has 4 nitrogen and oxygen atoms in total. The van der Waals surface area contributed by atoms with E-state index in [4.69, 9.17) is 11.6 Å². The third-order valence-corrected chi connectivity index (χ3v) is 4.66. The lowest BCUT2D eigenvalue weighted by Gasteiger charge is -2.17. The first-order valence-corrected chi connectivity index (χ1v) is 8.26. The summed E-state index contributed by atoms with van der Waals surface area (Å²) in [6.45, 7) is 4.28. The molecule has 5 heteroatoms. The van der Waals surface area contributed by atoms with E-state index < -0.39 is 0 Å². The highest BCUT2D eigenvalue weighted by atomic mass is 35.5. The Hall–Kier alpha value is -2.33. The van der Waals surface area contributed by atoms with Crippen molar-refractivity contribution in [3.05, 3.63) is 58.6 Å². The fourth-order valence-electron chi connectivity index (χ4n) is 2.84. The van der Waals surface area contributed by atoms with Crippen molar-refractivity contribution in [1.82, 2.24) is 0 Å². The highest BCUT2D eigenvalue weighted by Gasteiger charge is 2.35. The number of halogens is 1. The zero-order valence-electron chi connectivity index (χ0n) is 13.7. The Morgan fingerprint density at radius 2 is 2.00 bits per heavy atom. The zero-order chi connectivity index (χ0) is 17.3. The standard InChI is InChI=1S/C19H19ClN2O2/c1-12-4-3-5-16(8-12)22-11-14(9-18(22)23)19(24)21-15-7-6-13(2)17(20)10-15/h3-8,10,14H,9,11H2,1-2H3,(H,21,24)/t14-/m1/s1. The molecule has 1 aliphatic heterocycles. The van der Waals surface area contributed by atoms with E-state index in [0.29, 0.717) is 17.3 Å². The molecule has 0 aliphatic carbocycles. The monoisotopic (exact) mass is 342 g/mol. The van der Waals surface area contributed by atoms with Crippen molar-refractivity contribution in [3.63, 3.8) is 0 Å². The smallest absolute Gasteiger partial charge is 0.229 e. The molecular formula is C19H19ClN2O2. The van der Waals surface area contributed by atoms with E-state index in [1.165, 1.54) is 0 Å². The van der Waals surface area contributed by atoms with Gasteiger partial charge in [-0.2, -0.15) is 0 Å². The second kappa shape index (κ2) is 6.65. The summed E-state index contributed by atoms with van der Waals surface area (Å²) >= 11 is 6.08. The summed E-state index contributed by atoms with van der Waals surface area (Å²) in [5.74, 6) is -0.542. The average Bonchev–Trinajstić information content (AvgIpc) is 2.93. The van der Waals surface area contributed by atoms with E-state index >= 15 is 0 Å². The lowest BCUT2D eigenvalue weighted by atomic mass is 10.1. The van der Waals surface area contributed by atoms with Gasteiger partial charge in [0.25, 0.3) is 0 Å². The predicted molar refractivity (Wildman–Crippen MR) is 96.5 cm³/mol. The second-order valence-corrected chi connectivity index (χ2v) is 6.60. The summed E-state index contributed by atoms with van der Waals surface area (Å²) in [5.41, 5.74) is 3.53. The number of nitrogens with zero attached hydrogens (tertiary/aromatic N) is 1. The van der Waals surface area contributed by atoms with Crippen LogP contribution >= 0.6 is 11.6 Å². The Labute approximate surface area is 146 Å². The topological polar surface area (TPSA) is 49.4 Å². The Balaban J connectivity index is 1.70. The molecule has 2 aromatic rings. The number of carbonyl (C=O) groups excluding carboxylic acids is 2. The Kier molecular flexibility index (Phi) is 4.58. The fraction of sp³-hybridized carbons (Fsp3) is 0.263. The highest BCUT2D eigenvalue weighted by molar-refractivity contribution is 6.31. The number of carbonyl (C=O) groups is 2. The number of aryl methyl sites for hydroxylation is 2. The summed E-state index contributed by atoms with van der Waals surface area (Å²) in [7, 11) is 0. The highest BCUT2D eigenvalue weighted by Crippen LogP contribution is 2.27. The van der Waals surface area contributed by atoms with Gasteiger partial charge in [0.1, 0.15) is 0 Å². The van der Waals surface area contributed by atoms with Crippen LogP contribution in [0.1, 0.15) is 17.5 Å². The number of amides is 2. The van der Waals surface area contributed by atoms with Crippen LogP contribution < -0.4 is 10.2 Å². The van der Waals surface area contributed by atoms with Gasteiger partial charge in [-0.1, -0.05) is 29.8 Å². The van der Waals surface area contributed by atoms with E-state index in [2.05, 4.69) is 5.32 Å². The van der Waals surface area contributed by atoms with Crippen molar-refractivity contribution in [2.45, 2.75) is 20.3 Å². The second-order valence-electron chi connectivity index (χ2n) is 6.20. The van der Waals surface area contributed by atoms with E-state index in [-0.39, 0.29) is 24.2 Å². The van der Waals surface area contributed by atoms with Gasteiger partial charge >= 0.3 is 0 Å². The fourth-order valence-corrected chi connectivity index (χ4v) is 3.02. The number of benzene rings is 2. The maximum Gasteiger partial charge on any atom is 0.229 e. The van der Waals surface area contributed by atoms with Crippen LogP contribution in [0.2, 0.25) is 5.02 Å². The lowest BCUT2D eigenvalue weighted by molar-refractivity contribution is -0.122. The first kappa shape index (κ1) is 16.5. The minimum Gasteiger partial charge on any atom is -0.326 e. The van der Waals surface area contributed by atoms with Crippen molar-refractivity contribution < 1.29 is 9.59 Å². The number of anilines is 2. The molecule has 0 unspecified atom stereocenters. The molecule has 0 aromatic heterocycles. The summed E-state index contributed by atoms with van der Waals surface area (Å²) < 4.78 is 0. The van der Waals surface area contributed by atoms with Gasteiger partial charge in [0.2, 0.25) is 11.8 Å². The van der Waals surface area contributed by atoms with Gasteiger partial charge in [-0.25, -0.2) is 0 Å². The molecule has 1 atom stereocenters. The first-order valence-electron chi connectivity index (χ1n) is 7.88. The van der Waals surface area contributed by atoms with Gasteiger partial charge < -0.3 is 10.2 Å². The molecule has 1 aliphatic rings. The first-order chi connectivity index (χ1) is 11.4. The van der Waals surface area contributed by atoms with Crippen LogP contribution in [0, 0.1) is 19.8 Å². The Bertz CT molecular complexity index is 804. The molecule has 0 bridgehead atoms. The number of hydrogen-bond donors (Lipinski definition) is 1. The minimum atomic E-state index is -0.363. The molecule has 24 heavy (non-hydrogen) atoms. The Morgan fingerprint density at radius 3 is 2.71 bits per heavy atom. The molecule has 0 spiro atoms. The molecule has 3 rings (SSSR count). The summed E-state index contributed by atoms with van der Waals surface area (Å²) in [5, 5.41) is 3.46. The van der Waals surface area contributed by atoms with E-state index in [0.717, 1.165) is 16.8 Å². The molecule has 0 saturated carbocycles. The lowest BCUT2D eigenvalue weighted by Crippen LogP contribution is -2.28. The molecule has 1 N–H and O–H groups in total. The van der Waals surface area contributed by atoms with Gasteiger partial charge in [0.15, 0.2) is 0 Å². The molecule has 0 radical (unpaired) electrons. The van der Waals surface area contributed by atoms with Crippen LogP contribution in [0.4, 0.5) is 11.4 Å². The number of hydrogen-bond acceptors (Lipinski definition) is 2. The van der Waals surface area contributed by atoms with Crippen LogP contribution in [0.5, 0.6) is 0 Å². The number of nitrogens with one attached hydrogen (secondary N) is 1. The SMILES string of the molecule is Cc1cccc(N2C[C@H](C(=O)Nc3ccc(C)c(Cl)c3)CC2=O)c1. The predicted octanol–water partition coefficient (Wildman–Crippen LogP) is 3.95. The van der Waals surface area contributed by atoms with Crippen molar-refractivity contribution in [1.29, 1.82) is 0 Å². The molecule has 2 aromatic carbocycles. The van der Waals surface area contributed by atoms with Gasteiger partial charge in [-0.15, -0.1) is 0 Å². The van der Waals surface area contributed by atoms with Crippen LogP contribution in [-0.4, -0.2) is 18.4 Å². The molecule has 2 amide bonds. The summed E-state index contributed by atoms with van der Waals surface area (Å²) in [6, 6.07) is 13.1. The Morgan fingerprint density at radius 1 is 1.21 bits per heavy atom. The van der Waals surface area contributed by atoms with Crippen LogP contribution in [-0.2, 0) is 9.59 Å². The van der Waals surface area contributed by atoms with Gasteiger partial charge in [-0.05, 0) is 49.2 Å². The summed E-state index contributed by atoms with van der Waals surface area (Å²) in [6.07, 6.45) is 0.222. The van der Waals surface area contributed by atoms with Crippen LogP contribution in [0.15, 0.2) is 42.5 Å². The maximum absolute atomic E-state index is 12.5. The van der Waals surface area contributed by atoms with E-state index in [1.807, 2.05) is 50.2 Å². The molecule has 1 heterocycles. The van der Waals surface area contributed by atoms with Crippen LogP contribution in [0.3, 0.4) is 0 Å². The largest absolute Gasteiger partial charge is 0.326 e. The average molecular weight is 343 g/mol. The van der Waals surface area contributed by atoms with E-state index in [9.17, 15) is 9.59 Å². The van der Waals surface area contributed by atoms with E-state index in [1.54, 1.807) is 11.0 Å². The molecule has 1 fully saturated rings. The minimum absolute atomic E-state index is 0.0253. The van der Waals surface area contributed by atoms with Crippen LogP contribution in [0.25, 0.3) is 0 Å². The third kappa shape index (κ3) is 3.44. The molecule has 124 valence electrons. The maximum atomic E-state index is 12.5. The van der Waals surface area contributed by atoms with Crippen molar-refractivity contribution in [2.75, 3.05) is 16.8 Å². The van der Waals surface area contributed by atoms with Gasteiger partial charge in [0, 0.05) is 29.4 Å².